The van der Waals surface area contributed by atoms with Gasteiger partial charge in [-0.3, -0.25) is 24.1 Å². The molecule has 1 aliphatic heterocycles. The third kappa shape index (κ3) is 4.89. The van der Waals surface area contributed by atoms with Crippen LogP contribution in [-0.2, 0) is 9.59 Å². The predicted molar refractivity (Wildman–Crippen MR) is 144 cm³/mol. The van der Waals surface area contributed by atoms with E-state index in [0.717, 1.165) is 5.39 Å². The summed E-state index contributed by atoms with van der Waals surface area (Å²) in [5.74, 6) is -1.25. The van der Waals surface area contributed by atoms with Crippen LogP contribution in [0.4, 0.5) is 5.69 Å². The van der Waals surface area contributed by atoms with Crippen molar-refractivity contribution in [3.8, 4) is 0 Å². The van der Waals surface area contributed by atoms with Gasteiger partial charge in [0, 0.05) is 41.7 Å². The molecule has 190 valence electrons. The van der Waals surface area contributed by atoms with Gasteiger partial charge in [-0.1, -0.05) is 55.5 Å². The molecule has 3 aromatic carbocycles. The van der Waals surface area contributed by atoms with Gasteiger partial charge in [0.25, 0.3) is 11.8 Å². The Labute approximate surface area is 216 Å². The zero-order valence-corrected chi connectivity index (χ0v) is 21.2. The first kappa shape index (κ1) is 25.8. The second-order valence-corrected chi connectivity index (χ2v) is 9.32. The number of benzene rings is 3. The molecule has 0 fully saturated rings. The molecule has 1 atom stereocenters. The summed E-state index contributed by atoms with van der Waals surface area (Å²) in [5.41, 5.74) is 0.523. The average molecular weight is 498 g/mol. The molecule has 37 heavy (non-hydrogen) atoms. The molecule has 1 unspecified atom stereocenters. The molecule has 4 rings (SSSR count). The van der Waals surface area contributed by atoms with E-state index in [2.05, 4.69) is 11.9 Å². The molecule has 0 radical (unpaired) electrons. The SMILES string of the molecule is C=CCN(C(=O)CCCN1C(=O)c2cccc3cccc(c23)C1=O)C(C)(CC)C(=O)Nc1ccccc1. The van der Waals surface area contributed by atoms with Crippen molar-refractivity contribution in [2.45, 2.75) is 38.6 Å². The highest BCUT2D eigenvalue weighted by molar-refractivity contribution is 6.25. The molecule has 3 aromatic rings. The monoisotopic (exact) mass is 497 g/mol. The van der Waals surface area contributed by atoms with Crippen molar-refractivity contribution < 1.29 is 19.2 Å². The number of rotatable bonds is 10. The molecule has 0 saturated carbocycles. The number of carbonyl (C=O) groups excluding carboxylic acids is 4. The lowest BCUT2D eigenvalue weighted by Crippen LogP contribution is -2.57. The maximum Gasteiger partial charge on any atom is 0.261 e. The Kier molecular flexibility index (Phi) is 7.53. The van der Waals surface area contributed by atoms with Crippen molar-refractivity contribution in [2.24, 2.45) is 0 Å². The van der Waals surface area contributed by atoms with Gasteiger partial charge in [-0.25, -0.2) is 0 Å². The van der Waals surface area contributed by atoms with Crippen LogP contribution in [0, 0.1) is 0 Å². The summed E-state index contributed by atoms with van der Waals surface area (Å²) < 4.78 is 0. The lowest BCUT2D eigenvalue weighted by molar-refractivity contribution is -0.144. The third-order valence-electron chi connectivity index (χ3n) is 7.05. The van der Waals surface area contributed by atoms with E-state index < -0.39 is 5.54 Å². The Morgan fingerprint density at radius 3 is 2.16 bits per heavy atom. The fraction of sp³-hybridized carbons (Fsp3) is 0.267. The Morgan fingerprint density at radius 2 is 1.59 bits per heavy atom. The lowest BCUT2D eigenvalue weighted by Gasteiger charge is -2.39. The predicted octanol–water partition coefficient (Wildman–Crippen LogP) is 5.04. The minimum Gasteiger partial charge on any atom is -0.325 e. The maximum absolute atomic E-state index is 13.4. The van der Waals surface area contributed by atoms with E-state index in [1.807, 2.05) is 37.3 Å². The number of hydrogen-bond acceptors (Lipinski definition) is 4. The minimum absolute atomic E-state index is 0.0744. The van der Waals surface area contributed by atoms with Gasteiger partial charge in [-0.15, -0.1) is 6.58 Å². The zero-order valence-electron chi connectivity index (χ0n) is 21.2. The van der Waals surface area contributed by atoms with Crippen LogP contribution in [-0.4, -0.2) is 52.1 Å². The standard InChI is InChI=1S/C30H31N3O4/c1-4-19-33(30(3,5-2)29(37)31-22-14-7-6-8-15-22)25(34)18-11-20-32-27(35)23-16-9-12-21-13-10-17-24(26(21)23)28(32)36/h4,6-10,12-17H,1,5,11,18-20H2,2-3H3,(H,31,37). The van der Waals surface area contributed by atoms with E-state index in [4.69, 9.17) is 0 Å². The third-order valence-corrected chi connectivity index (χ3v) is 7.05. The maximum atomic E-state index is 13.4. The topological polar surface area (TPSA) is 86.8 Å². The van der Waals surface area contributed by atoms with Gasteiger partial charge in [-0.05, 0) is 49.4 Å². The number of anilines is 1. The highest BCUT2D eigenvalue weighted by Gasteiger charge is 2.40. The largest absolute Gasteiger partial charge is 0.325 e. The first-order valence-corrected chi connectivity index (χ1v) is 12.5. The second-order valence-electron chi connectivity index (χ2n) is 9.32. The number of nitrogens with zero attached hydrogens (tertiary/aromatic N) is 2. The fourth-order valence-electron chi connectivity index (χ4n) is 4.78. The van der Waals surface area contributed by atoms with Crippen molar-refractivity contribution >= 4 is 40.1 Å². The van der Waals surface area contributed by atoms with Crippen molar-refractivity contribution in [2.75, 3.05) is 18.4 Å². The lowest BCUT2D eigenvalue weighted by atomic mass is 9.93. The van der Waals surface area contributed by atoms with Crippen LogP contribution in [0.25, 0.3) is 10.8 Å². The van der Waals surface area contributed by atoms with Gasteiger partial charge in [0.1, 0.15) is 5.54 Å². The quantitative estimate of drug-likeness (QED) is 0.314. The smallest absolute Gasteiger partial charge is 0.261 e. The molecular weight excluding hydrogens is 466 g/mol. The Balaban J connectivity index is 1.46. The van der Waals surface area contributed by atoms with E-state index in [1.165, 1.54) is 9.80 Å². The highest BCUT2D eigenvalue weighted by atomic mass is 16.2. The van der Waals surface area contributed by atoms with Crippen LogP contribution in [0.2, 0.25) is 0 Å². The Morgan fingerprint density at radius 1 is 0.973 bits per heavy atom. The van der Waals surface area contributed by atoms with E-state index in [-0.39, 0.29) is 49.6 Å². The summed E-state index contributed by atoms with van der Waals surface area (Å²) in [6.45, 7) is 7.66. The second kappa shape index (κ2) is 10.8. The molecule has 1 aliphatic rings. The number of imide groups is 1. The minimum atomic E-state index is -1.10. The molecule has 4 amide bonds. The normalized spacial score (nSPS) is 14.3. The average Bonchev–Trinajstić information content (AvgIpc) is 2.92. The van der Waals surface area contributed by atoms with Crippen molar-refractivity contribution in [1.29, 1.82) is 0 Å². The van der Waals surface area contributed by atoms with E-state index in [1.54, 1.807) is 49.4 Å². The van der Waals surface area contributed by atoms with Gasteiger partial charge in [0.15, 0.2) is 0 Å². The Bertz CT molecular complexity index is 1320. The van der Waals surface area contributed by atoms with Gasteiger partial charge >= 0.3 is 0 Å². The summed E-state index contributed by atoms with van der Waals surface area (Å²) in [4.78, 5) is 55.6. The van der Waals surface area contributed by atoms with Gasteiger partial charge < -0.3 is 10.2 Å². The van der Waals surface area contributed by atoms with Crippen LogP contribution in [0.1, 0.15) is 53.8 Å². The number of para-hydroxylation sites is 1. The number of amides is 4. The molecular formula is C30H31N3O4. The summed E-state index contributed by atoms with van der Waals surface area (Å²) in [6, 6.07) is 19.9. The van der Waals surface area contributed by atoms with Gasteiger partial charge in [-0.2, -0.15) is 0 Å². The van der Waals surface area contributed by atoms with Crippen molar-refractivity contribution in [1.82, 2.24) is 9.80 Å². The molecule has 7 nitrogen and oxygen atoms in total. The molecule has 0 bridgehead atoms. The molecule has 1 heterocycles. The molecule has 7 heteroatoms. The number of carbonyl (C=O) groups is 4. The van der Waals surface area contributed by atoms with Crippen LogP contribution in [0.3, 0.4) is 0 Å². The summed E-state index contributed by atoms with van der Waals surface area (Å²) in [5, 5.41) is 4.42. The van der Waals surface area contributed by atoms with Gasteiger partial charge in [0.05, 0.1) is 0 Å². The fourth-order valence-corrected chi connectivity index (χ4v) is 4.78. The molecule has 0 saturated heterocycles. The number of nitrogens with one attached hydrogen (secondary N) is 1. The van der Waals surface area contributed by atoms with E-state index in [9.17, 15) is 19.2 Å². The summed E-state index contributed by atoms with van der Waals surface area (Å²) in [6.07, 6.45) is 2.35. The molecule has 0 spiro atoms. The van der Waals surface area contributed by atoms with Crippen molar-refractivity contribution in [3.05, 3.63) is 90.5 Å². The first-order chi connectivity index (χ1) is 17.8. The first-order valence-electron chi connectivity index (χ1n) is 12.5. The Hall–Kier alpha value is -4.26. The van der Waals surface area contributed by atoms with Crippen LogP contribution in [0.15, 0.2) is 79.4 Å². The van der Waals surface area contributed by atoms with E-state index >= 15 is 0 Å². The summed E-state index contributed by atoms with van der Waals surface area (Å²) >= 11 is 0. The van der Waals surface area contributed by atoms with Crippen LogP contribution < -0.4 is 5.32 Å². The summed E-state index contributed by atoms with van der Waals surface area (Å²) in [7, 11) is 0. The van der Waals surface area contributed by atoms with Crippen LogP contribution >= 0.6 is 0 Å². The van der Waals surface area contributed by atoms with Gasteiger partial charge in [0.2, 0.25) is 11.8 Å². The van der Waals surface area contributed by atoms with E-state index in [0.29, 0.717) is 28.6 Å². The zero-order chi connectivity index (χ0) is 26.6. The number of hydrogen-bond donors (Lipinski definition) is 1. The van der Waals surface area contributed by atoms with Crippen molar-refractivity contribution in [3.63, 3.8) is 0 Å². The molecule has 0 aliphatic carbocycles. The molecule has 1 N–H and O–H groups in total. The van der Waals surface area contributed by atoms with Crippen LogP contribution in [0.5, 0.6) is 0 Å². The highest BCUT2D eigenvalue weighted by Crippen LogP contribution is 2.30. The molecule has 0 aromatic heterocycles.